The minimum Gasteiger partial charge on any atom is -0.308 e. The van der Waals surface area contributed by atoms with Gasteiger partial charge in [0.2, 0.25) is 0 Å². The third kappa shape index (κ3) is 20.8. The van der Waals surface area contributed by atoms with Crippen molar-refractivity contribution >= 4 is 6.21 Å². The van der Waals surface area contributed by atoms with Crippen LogP contribution in [0, 0.1) is 10.8 Å². The molecule has 0 atom stereocenters. The largest absolute Gasteiger partial charge is 0.308 e. The summed E-state index contributed by atoms with van der Waals surface area (Å²) in [6.07, 6.45) is 9.18. The Hall–Kier alpha value is -1.55. The minimum atomic E-state index is 0.135. The molecule has 0 aromatic rings. The highest BCUT2D eigenvalue weighted by Gasteiger charge is 2.12. The molecule has 0 aromatic carbocycles. The quantitative estimate of drug-likeness (QED) is 0.382. The maximum absolute atomic E-state index is 7.02. The lowest BCUT2D eigenvalue weighted by Gasteiger charge is -2.18. The van der Waals surface area contributed by atoms with Gasteiger partial charge in [-0.15, -0.1) is 0 Å². The van der Waals surface area contributed by atoms with E-state index in [1.807, 2.05) is 79.7 Å². The van der Waals surface area contributed by atoms with E-state index in [2.05, 4.69) is 32.2 Å². The van der Waals surface area contributed by atoms with Crippen molar-refractivity contribution in [2.75, 3.05) is 0 Å². The second kappa shape index (κ2) is 21.7. The molecule has 0 aromatic heterocycles. The van der Waals surface area contributed by atoms with Gasteiger partial charge in [0.15, 0.2) is 0 Å². The summed E-state index contributed by atoms with van der Waals surface area (Å²) < 4.78 is 0. The summed E-state index contributed by atoms with van der Waals surface area (Å²) in [7, 11) is 0. The molecular weight excluding hydrogens is 266 g/mol. The van der Waals surface area contributed by atoms with Gasteiger partial charge in [-0.25, -0.2) is 0 Å². The summed E-state index contributed by atoms with van der Waals surface area (Å²) in [4.78, 5) is 0. The molecule has 1 heteroatoms. The molecule has 0 bridgehead atoms. The third-order valence-corrected chi connectivity index (χ3v) is 2.13. The third-order valence-electron chi connectivity index (χ3n) is 2.13. The molecular formula is C21H39N. The van der Waals surface area contributed by atoms with Gasteiger partial charge in [-0.05, 0) is 36.5 Å². The fraction of sp³-hybridized carbons (Fsp3) is 0.571. The molecule has 1 aliphatic carbocycles. The fourth-order valence-corrected chi connectivity index (χ4v) is 1.17. The summed E-state index contributed by atoms with van der Waals surface area (Å²) in [5.41, 5.74) is 8.10. The first-order valence-corrected chi connectivity index (χ1v) is 8.44. The SMILES string of the molecule is C/C=C(\C=N)C(C)(C)C.CC.CC.CC.CC1=C=C=CC=C1. The summed E-state index contributed by atoms with van der Waals surface area (Å²) in [5.74, 6) is 0. The van der Waals surface area contributed by atoms with E-state index in [1.165, 1.54) is 6.21 Å². The zero-order chi connectivity index (χ0) is 18.6. The van der Waals surface area contributed by atoms with Crippen molar-refractivity contribution < 1.29 is 0 Å². The van der Waals surface area contributed by atoms with E-state index in [0.29, 0.717) is 0 Å². The number of hydrogen-bond donors (Lipinski definition) is 1. The number of nitrogens with one attached hydrogen (secondary N) is 1. The number of rotatable bonds is 1. The van der Waals surface area contributed by atoms with Gasteiger partial charge in [0.25, 0.3) is 0 Å². The number of allylic oxidation sites excluding steroid dienone is 6. The zero-order valence-corrected chi connectivity index (χ0v) is 16.9. The van der Waals surface area contributed by atoms with E-state index in [1.54, 1.807) is 0 Å². The van der Waals surface area contributed by atoms with E-state index < -0.39 is 0 Å². The van der Waals surface area contributed by atoms with Crippen LogP contribution in [0.5, 0.6) is 0 Å². The Balaban J connectivity index is -0.000000111. The first kappa shape index (κ1) is 28.6. The Labute approximate surface area is 140 Å². The molecule has 128 valence electrons. The highest BCUT2D eigenvalue weighted by molar-refractivity contribution is 5.77. The standard InChI is InChI=1S/C8H15N.C7H6.3C2H6/c1-5-7(6-9)8(2,3)4;1-7-5-3-2-4-6-7;3*1-2/h5-6,9H,1-4H3;2-3,5H,1H3;3*1-2H3/b7-5+,9-6?;;;;. The van der Waals surface area contributed by atoms with Crippen molar-refractivity contribution in [2.45, 2.75) is 76.2 Å². The highest BCUT2D eigenvalue weighted by Crippen LogP contribution is 2.22. The van der Waals surface area contributed by atoms with E-state index in [9.17, 15) is 0 Å². The van der Waals surface area contributed by atoms with Crippen LogP contribution >= 0.6 is 0 Å². The molecule has 0 aliphatic heterocycles. The molecule has 0 radical (unpaired) electrons. The van der Waals surface area contributed by atoms with Gasteiger partial charge in [0, 0.05) is 6.21 Å². The minimum absolute atomic E-state index is 0.135. The monoisotopic (exact) mass is 305 g/mol. The van der Waals surface area contributed by atoms with Crippen molar-refractivity contribution in [2.24, 2.45) is 5.41 Å². The van der Waals surface area contributed by atoms with Crippen LogP contribution in [-0.4, -0.2) is 6.21 Å². The molecule has 22 heavy (non-hydrogen) atoms. The first-order chi connectivity index (χ1) is 10.4. The molecule has 1 N–H and O–H groups in total. The maximum Gasteiger partial charge on any atom is 0.0211 e. The normalized spacial score (nSPS) is 11.0. The van der Waals surface area contributed by atoms with Crippen LogP contribution < -0.4 is 0 Å². The van der Waals surface area contributed by atoms with Crippen LogP contribution in [0.3, 0.4) is 0 Å². The van der Waals surface area contributed by atoms with Crippen LogP contribution in [0.25, 0.3) is 0 Å². The molecule has 1 aliphatic rings. The predicted molar refractivity (Wildman–Crippen MR) is 106 cm³/mol. The summed E-state index contributed by atoms with van der Waals surface area (Å²) in [6.45, 7) is 22.3. The lowest BCUT2D eigenvalue weighted by atomic mass is 9.87. The molecule has 0 unspecified atom stereocenters. The molecule has 0 heterocycles. The highest BCUT2D eigenvalue weighted by atomic mass is 14.4. The van der Waals surface area contributed by atoms with Gasteiger partial charge < -0.3 is 5.41 Å². The molecule has 0 spiro atoms. The average molecular weight is 306 g/mol. The smallest absolute Gasteiger partial charge is 0.0211 e. The van der Waals surface area contributed by atoms with Crippen molar-refractivity contribution in [1.82, 2.24) is 0 Å². The predicted octanol–water partition coefficient (Wildman–Crippen LogP) is 7.52. The van der Waals surface area contributed by atoms with Crippen LogP contribution in [0.2, 0.25) is 0 Å². The molecule has 1 rings (SSSR count). The van der Waals surface area contributed by atoms with Crippen LogP contribution in [-0.2, 0) is 0 Å². The second-order valence-electron chi connectivity index (χ2n) is 4.62. The Morgan fingerprint density at radius 2 is 1.50 bits per heavy atom. The van der Waals surface area contributed by atoms with Gasteiger partial charge >= 0.3 is 0 Å². The Kier molecular flexibility index (Phi) is 28.3. The van der Waals surface area contributed by atoms with Gasteiger partial charge in [-0.2, -0.15) is 0 Å². The second-order valence-corrected chi connectivity index (χ2v) is 4.62. The molecule has 0 saturated heterocycles. The summed E-state index contributed by atoms with van der Waals surface area (Å²) in [5, 5.41) is 7.02. The fourth-order valence-electron chi connectivity index (χ4n) is 1.17. The van der Waals surface area contributed by atoms with Crippen molar-refractivity contribution in [1.29, 1.82) is 5.41 Å². The van der Waals surface area contributed by atoms with E-state index in [-0.39, 0.29) is 5.41 Å². The number of hydrogen-bond acceptors (Lipinski definition) is 1. The average Bonchev–Trinajstić information content (AvgIpc) is 2.54. The van der Waals surface area contributed by atoms with E-state index >= 15 is 0 Å². The Morgan fingerprint density at radius 3 is 1.59 bits per heavy atom. The molecule has 0 fully saturated rings. The first-order valence-electron chi connectivity index (χ1n) is 8.44. The van der Waals surface area contributed by atoms with E-state index in [4.69, 9.17) is 5.41 Å². The molecule has 1 nitrogen and oxygen atoms in total. The van der Waals surface area contributed by atoms with E-state index in [0.717, 1.165) is 11.1 Å². The lowest BCUT2D eigenvalue weighted by Crippen LogP contribution is -2.09. The van der Waals surface area contributed by atoms with Crippen LogP contribution in [0.15, 0.2) is 46.9 Å². The van der Waals surface area contributed by atoms with Gasteiger partial charge in [0.1, 0.15) is 0 Å². The summed E-state index contributed by atoms with van der Waals surface area (Å²) in [6, 6.07) is 0. The van der Waals surface area contributed by atoms with Gasteiger partial charge in [-0.1, -0.05) is 92.0 Å². The maximum atomic E-state index is 7.02. The Morgan fingerprint density at radius 1 is 1.05 bits per heavy atom. The van der Waals surface area contributed by atoms with Crippen molar-refractivity contribution in [3.05, 3.63) is 46.9 Å². The van der Waals surface area contributed by atoms with Gasteiger partial charge in [-0.3, -0.25) is 0 Å². The molecule has 0 saturated carbocycles. The van der Waals surface area contributed by atoms with Crippen LogP contribution in [0.1, 0.15) is 76.2 Å². The van der Waals surface area contributed by atoms with Gasteiger partial charge in [0.05, 0.1) is 0 Å². The molecule has 0 amide bonds. The topological polar surface area (TPSA) is 23.9 Å². The Bertz CT molecular complexity index is 388. The summed E-state index contributed by atoms with van der Waals surface area (Å²) >= 11 is 0. The van der Waals surface area contributed by atoms with Crippen molar-refractivity contribution in [3.8, 4) is 0 Å². The zero-order valence-electron chi connectivity index (χ0n) is 16.9. The lowest BCUT2D eigenvalue weighted by molar-refractivity contribution is 0.525. The van der Waals surface area contributed by atoms with Crippen LogP contribution in [0.4, 0.5) is 0 Å². The van der Waals surface area contributed by atoms with Crippen molar-refractivity contribution in [3.63, 3.8) is 0 Å².